The smallest absolute Gasteiger partial charge is 0.321 e. The zero-order valence-electron chi connectivity index (χ0n) is 15.6. The summed E-state index contributed by atoms with van der Waals surface area (Å²) in [5.41, 5.74) is 0.990. The van der Waals surface area contributed by atoms with E-state index in [-0.39, 0.29) is 21.9 Å². The van der Waals surface area contributed by atoms with Gasteiger partial charge in [0.1, 0.15) is 0 Å². The topological polar surface area (TPSA) is 98.8 Å². The second-order valence-corrected chi connectivity index (χ2v) is 8.15. The molecule has 4 amide bonds. The summed E-state index contributed by atoms with van der Waals surface area (Å²) in [5, 5.41) is 5.29. The van der Waals surface area contributed by atoms with Crippen molar-refractivity contribution in [2.45, 2.75) is 9.79 Å². The standard InChI is InChI=1S/C18H22N4O4S/c1-21(2)17(23)19-13-5-9-15(10-6-13)27(25,26)16-11-7-14(8-12-16)20-18(24)22(3)4/h5-12H,1-4H3,(H,19,23)(H,20,24). The van der Waals surface area contributed by atoms with Crippen molar-refractivity contribution < 1.29 is 18.0 Å². The van der Waals surface area contributed by atoms with Crippen LogP contribution in [0.3, 0.4) is 0 Å². The molecule has 9 heteroatoms. The molecule has 0 spiro atoms. The summed E-state index contributed by atoms with van der Waals surface area (Å²) >= 11 is 0. The lowest BCUT2D eigenvalue weighted by molar-refractivity contribution is 0.230. The number of urea groups is 2. The number of carbonyl (C=O) groups excluding carboxylic acids is 2. The quantitative estimate of drug-likeness (QED) is 0.838. The van der Waals surface area contributed by atoms with E-state index in [1.54, 1.807) is 28.2 Å². The third kappa shape index (κ3) is 4.98. The Kier molecular flexibility index (Phi) is 6.06. The van der Waals surface area contributed by atoms with E-state index in [0.717, 1.165) is 0 Å². The van der Waals surface area contributed by atoms with Crippen molar-refractivity contribution in [3.63, 3.8) is 0 Å². The number of hydrogen-bond donors (Lipinski definition) is 2. The summed E-state index contributed by atoms with van der Waals surface area (Å²) in [6, 6.07) is 11.2. The number of anilines is 2. The fraction of sp³-hybridized carbons (Fsp3) is 0.222. The maximum absolute atomic E-state index is 12.7. The molecule has 2 aromatic carbocycles. The van der Waals surface area contributed by atoms with E-state index >= 15 is 0 Å². The van der Waals surface area contributed by atoms with Crippen molar-refractivity contribution in [1.82, 2.24) is 9.80 Å². The van der Waals surface area contributed by atoms with Crippen LogP contribution < -0.4 is 10.6 Å². The molecule has 2 N–H and O–H groups in total. The van der Waals surface area contributed by atoms with Gasteiger partial charge in [-0.2, -0.15) is 0 Å². The van der Waals surface area contributed by atoms with Crippen LogP contribution in [0.2, 0.25) is 0 Å². The van der Waals surface area contributed by atoms with Gasteiger partial charge >= 0.3 is 12.1 Å². The minimum Gasteiger partial charge on any atom is -0.331 e. The Labute approximate surface area is 158 Å². The SMILES string of the molecule is CN(C)C(=O)Nc1ccc(S(=O)(=O)c2ccc(NC(=O)N(C)C)cc2)cc1. The molecule has 8 nitrogen and oxygen atoms in total. The molecule has 0 radical (unpaired) electrons. The molecule has 0 aliphatic heterocycles. The lowest BCUT2D eigenvalue weighted by atomic mass is 10.3. The largest absolute Gasteiger partial charge is 0.331 e. The second-order valence-electron chi connectivity index (χ2n) is 6.20. The average molecular weight is 390 g/mol. The average Bonchev–Trinajstić information content (AvgIpc) is 2.62. The van der Waals surface area contributed by atoms with Crippen molar-refractivity contribution in [3.05, 3.63) is 48.5 Å². The van der Waals surface area contributed by atoms with Gasteiger partial charge in [-0.15, -0.1) is 0 Å². The minimum atomic E-state index is -3.71. The maximum atomic E-state index is 12.7. The van der Waals surface area contributed by atoms with E-state index in [2.05, 4.69) is 10.6 Å². The summed E-state index contributed by atoms with van der Waals surface area (Å²) in [7, 11) is 2.73. The van der Waals surface area contributed by atoms with Gasteiger partial charge in [0.15, 0.2) is 0 Å². The molecule has 0 fully saturated rings. The summed E-state index contributed by atoms with van der Waals surface area (Å²) in [4.78, 5) is 26.2. The van der Waals surface area contributed by atoms with Gasteiger partial charge in [-0.05, 0) is 48.5 Å². The Morgan fingerprint density at radius 2 is 0.963 bits per heavy atom. The first-order valence-electron chi connectivity index (χ1n) is 8.03. The number of carbonyl (C=O) groups is 2. The summed E-state index contributed by atoms with van der Waals surface area (Å²) in [6.45, 7) is 0. The highest BCUT2D eigenvalue weighted by atomic mass is 32.2. The molecule has 0 heterocycles. The molecule has 0 unspecified atom stereocenters. The molecule has 2 aromatic rings. The van der Waals surface area contributed by atoms with Gasteiger partial charge in [0, 0.05) is 39.6 Å². The van der Waals surface area contributed by atoms with Crippen LogP contribution in [-0.4, -0.2) is 58.5 Å². The van der Waals surface area contributed by atoms with Gasteiger partial charge in [0.25, 0.3) is 0 Å². The molecule has 0 atom stereocenters. The van der Waals surface area contributed by atoms with Crippen molar-refractivity contribution in [2.24, 2.45) is 0 Å². The van der Waals surface area contributed by atoms with E-state index in [9.17, 15) is 18.0 Å². The van der Waals surface area contributed by atoms with E-state index in [1.807, 2.05) is 0 Å². The Bertz CT molecular complexity index is 849. The predicted molar refractivity (Wildman–Crippen MR) is 104 cm³/mol. The molecule has 2 rings (SSSR count). The van der Waals surface area contributed by atoms with Crippen LogP contribution in [0.4, 0.5) is 21.0 Å². The highest BCUT2D eigenvalue weighted by Crippen LogP contribution is 2.24. The number of hydrogen-bond acceptors (Lipinski definition) is 4. The number of rotatable bonds is 4. The van der Waals surface area contributed by atoms with E-state index < -0.39 is 9.84 Å². The van der Waals surface area contributed by atoms with Gasteiger partial charge in [-0.25, -0.2) is 18.0 Å². The first-order valence-corrected chi connectivity index (χ1v) is 9.51. The molecule has 0 saturated carbocycles. The van der Waals surface area contributed by atoms with Crippen LogP contribution in [-0.2, 0) is 9.84 Å². The lowest BCUT2D eigenvalue weighted by Gasteiger charge is -2.13. The summed E-state index contributed by atoms with van der Waals surface area (Å²) in [5.74, 6) is 0. The Morgan fingerprint density at radius 3 is 1.22 bits per heavy atom. The molecular formula is C18H22N4O4S. The van der Waals surface area contributed by atoms with Crippen LogP contribution in [0, 0.1) is 0 Å². The number of nitrogens with zero attached hydrogens (tertiary/aromatic N) is 2. The molecule has 0 aliphatic carbocycles. The normalized spacial score (nSPS) is 10.8. The van der Waals surface area contributed by atoms with Gasteiger partial charge in [0.05, 0.1) is 9.79 Å². The third-order valence-electron chi connectivity index (χ3n) is 3.64. The van der Waals surface area contributed by atoms with Crippen molar-refractivity contribution in [2.75, 3.05) is 38.8 Å². The Hall–Kier alpha value is -3.07. The molecule has 0 bridgehead atoms. The van der Waals surface area contributed by atoms with Crippen molar-refractivity contribution >= 4 is 33.3 Å². The van der Waals surface area contributed by atoms with Crippen LogP contribution >= 0.6 is 0 Å². The molecule has 0 aliphatic rings. The molecule has 27 heavy (non-hydrogen) atoms. The maximum Gasteiger partial charge on any atom is 0.321 e. The van der Waals surface area contributed by atoms with Crippen LogP contribution in [0.25, 0.3) is 0 Å². The molecule has 0 aromatic heterocycles. The zero-order valence-corrected chi connectivity index (χ0v) is 16.4. The van der Waals surface area contributed by atoms with Crippen LogP contribution in [0.1, 0.15) is 0 Å². The molecular weight excluding hydrogens is 368 g/mol. The number of benzene rings is 2. The lowest BCUT2D eigenvalue weighted by Crippen LogP contribution is -2.27. The molecule has 0 saturated heterocycles. The Morgan fingerprint density at radius 1 is 0.667 bits per heavy atom. The summed E-state index contributed by atoms with van der Waals surface area (Å²) < 4.78 is 25.5. The fourth-order valence-electron chi connectivity index (χ4n) is 2.04. The van der Waals surface area contributed by atoms with Gasteiger partial charge in [-0.1, -0.05) is 0 Å². The van der Waals surface area contributed by atoms with Crippen molar-refractivity contribution in [1.29, 1.82) is 0 Å². The minimum absolute atomic E-state index is 0.107. The number of amides is 4. The fourth-order valence-corrected chi connectivity index (χ4v) is 3.30. The highest BCUT2D eigenvalue weighted by Gasteiger charge is 2.18. The first kappa shape index (κ1) is 20.2. The van der Waals surface area contributed by atoms with Crippen molar-refractivity contribution in [3.8, 4) is 0 Å². The highest BCUT2D eigenvalue weighted by molar-refractivity contribution is 7.91. The molecule has 144 valence electrons. The van der Waals surface area contributed by atoms with Gasteiger partial charge < -0.3 is 20.4 Å². The predicted octanol–water partition coefficient (Wildman–Crippen LogP) is 2.71. The van der Waals surface area contributed by atoms with Crippen LogP contribution in [0.5, 0.6) is 0 Å². The Balaban J connectivity index is 2.18. The van der Waals surface area contributed by atoms with E-state index in [4.69, 9.17) is 0 Å². The van der Waals surface area contributed by atoms with E-state index in [1.165, 1.54) is 58.3 Å². The van der Waals surface area contributed by atoms with E-state index in [0.29, 0.717) is 11.4 Å². The van der Waals surface area contributed by atoms with Crippen LogP contribution in [0.15, 0.2) is 58.3 Å². The zero-order chi connectivity index (χ0) is 20.2. The summed E-state index contributed by atoms with van der Waals surface area (Å²) in [6.07, 6.45) is 0. The number of sulfone groups is 1. The third-order valence-corrected chi connectivity index (χ3v) is 5.43. The second kappa shape index (κ2) is 8.09. The van der Waals surface area contributed by atoms with Gasteiger partial charge in [0.2, 0.25) is 9.84 Å². The first-order chi connectivity index (χ1) is 12.6. The van der Waals surface area contributed by atoms with Gasteiger partial charge in [-0.3, -0.25) is 0 Å². The number of nitrogens with one attached hydrogen (secondary N) is 2. The monoisotopic (exact) mass is 390 g/mol.